The van der Waals surface area contributed by atoms with Gasteiger partial charge in [-0.05, 0) is 53.3 Å². The van der Waals surface area contributed by atoms with Crippen LogP contribution in [0.25, 0.3) is 0 Å². The molecule has 0 saturated heterocycles. The first-order chi connectivity index (χ1) is 13.4. The van der Waals surface area contributed by atoms with E-state index in [9.17, 15) is 0 Å². The van der Waals surface area contributed by atoms with E-state index >= 15 is 0 Å². The lowest BCUT2D eigenvalue weighted by Gasteiger charge is -2.32. The number of nitrogens with one attached hydrogen (secondary N) is 1. The summed E-state index contributed by atoms with van der Waals surface area (Å²) in [5.41, 5.74) is 6.25. The van der Waals surface area contributed by atoms with Crippen molar-refractivity contribution in [1.82, 2.24) is 4.98 Å². The third-order valence-electron chi connectivity index (χ3n) is 5.35. The minimum Gasteiger partial charge on any atom is -0.366 e. The highest BCUT2D eigenvalue weighted by Crippen LogP contribution is 2.33. The Hall–Kier alpha value is -2.52. The molecule has 4 rings (SSSR count). The molecule has 0 spiro atoms. The van der Waals surface area contributed by atoms with Crippen LogP contribution in [0.5, 0.6) is 0 Å². The number of anilines is 3. The Balaban J connectivity index is 1.56. The van der Waals surface area contributed by atoms with Gasteiger partial charge in [0.1, 0.15) is 5.82 Å². The highest BCUT2D eigenvalue weighted by molar-refractivity contribution is 6.33. The average Bonchev–Trinajstić information content (AvgIpc) is 2.68. The van der Waals surface area contributed by atoms with Crippen LogP contribution < -0.4 is 10.2 Å². The molecule has 3 aromatic rings. The van der Waals surface area contributed by atoms with Crippen LogP contribution >= 0.6 is 11.6 Å². The molecule has 0 fully saturated rings. The summed E-state index contributed by atoms with van der Waals surface area (Å²) in [6, 6.07) is 18.8. The molecule has 0 saturated carbocycles. The molecule has 144 valence electrons. The highest BCUT2D eigenvalue weighted by atomic mass is 35.5. The smallest absolute Gasteiger partial charge is 0.133 e. The maximum absolute atomic E-state index is 6.40. The molecule has 0 amide bonds. The largest absolute Gasteiger partial charge is 0.366 e. The highest BCUT2D eigenvalue weighted by Gasteiger charge is 2.21. The molecule has 28 heavy (non-hydrogen) atoms. The molecule has 1 aliphatic heterocycles. The molecule has 2 aromatic carbocycles. The van der Waals surface area contributed by atoms with E-state index in [-0.39, 0.29) is 5.41 Å². The summed E-state index contributed by atoms with van der Waals surface area (Å²) >= 11 is 6.40. The molecule has 2 heterocycles. The van der Waals surface area contributed by atoms with Gasteiger partial charge < -0.3 is 10.2 Å². The van der Waals surface area contributed by atoms with Crippen molar-refractivity contribution in [3.8, 4) is 0 Å². The molecule has 0 atom stereocenters. The summed E-state index contributed by atoms with van der Waals surface area (Å²) in [5, 5.41) is 4.32. The van der Waals surface area contributed by atoms with Crippen LogP contribution in [0.3, 0.4) is 0 Å². The first-order valence-corrected chi connectivity index (χ1v) is 10.1. The lowest BCUT2D eigenvalue weighted by Crippen LogP contribution is -2.31. The molecule has 4 heteroatoms. The number of halogens is 1. The molecular formula is C24H26ClN3. The van der Waals surface area contributed by atoms with E-state index in [1.165, 1.54) is 16.7 Å². The SMILES string of the molecule is CC(C)(C)c1ccc(Nc2nccc3c2CCN(c2ccccc2Cl)C3)cc1. The van der Waals surface area contributed by atoms with Gasteiger partial charge in [-0.1, -0.05) is 56.6 Å². The molecule has 3 nitrogen and oxygen atoms in total. The summed E-state index contributed by atoms with van der Waals surface area (Å²) in [6.07, 6.45) is 2.83. The van der Waals surface area contributed by atoms with Gasteiger partial charge in [0, 0.05) is 30.5 Å². The fourth-order valence-electron chi connectivity index (χ4n) is 3.70. The molecule has 0 unspecified atom stereocenters. The van der Waals surface area contributed by atoms with Crippen molar-refractivity contribution in [1.29, 1.82) is 0 Å². The van der Waals surface area contributed by atoms with Gasteiger partial charge in [-0.2, -0.15) is 0 Å². The van der Waals surface area contributed by atoms with Crippen molar-refractivity contribution < 1.29 is 0 Å². The van der Waals surface area contributed by atoms with E-state index < -0.39 is 0 Å². The van der Waals surface area contributed by atoms with Crippen LogP contribution in [0.2, 0.25) is 5.02 Å². The van der Waals surface area contributed by atoms with Gasteiger partial charge in [0.25, 0.3) is 0 Å². The van der Waals surface area contributed by atoms with Crippen LogP contribution in [0.15, 0.2) is 60.8 Å². The number of aromatic nitrogens is 1. The summed E-state index contributed by atoms with van der Waals surface area (Å²) in [6.45, 7) is 8.47. The molecule has 1 N–H and O–H groups in total. The second-order valence-electron chi connectivity index (χ2n) is 8.37. The van der Waals surface area contributed by atoms with Gasteiger partial charge >= 0.3 is 0 Å². The van der Waals surface area contributed by atoms with Crippen molar-refractivity contribution >= 4 is 28.8 Å². The van der Waals surface area contributed by atoms with Crippen LogP contribution in [0.1, 0.15) is 37.5 Å². The number of pyridine rings is 1. The maximum atomic E-state index is 6.40. The quantitative estimate of drug-likeness (QED) is 0.564. The summed E-state index contributed by atoms with van der Waals surface area (Å²) in [4.78, 5) is 6.96. The van der Waals surface area contributed by atoms with Gasteiger partial charge in [0.15, 0.2) is 0 Å². The number of nitrogens with zero attached hydrogens (tertiary/aromatic N) is 2. The standard InChI is InChI=1S/C24H26ClN3/c1-24(2,3)18-8-10-19(11-9-18)27-23-20-13-15-28(16-17(20)12-14-26-23)22-7-5-4-6-21(22)25/h4-12,14H,13,15-16H2,1-3H3,(H,26,27). The first kappa shape index (κ1) is 18.8. The van der Waals surface area contributed by atoms with E-state index in [2.05, 4.69) is 72.4 Å². The number of benzene rings is 2. The summed E-state index contributed by atoms with van der Waals surface area (Å²) < 4.78 is 0. The fourth-order valence-corrected chi connectivity index (χ4v) is 3.96. The van der Waals surface area contributed by atoms with Crippen molar-refractivity contribution in [3.05, 3.63) is 82.5 Å². The molecular weight excluding hydrogens is 366 g/mol. The normalized spacial score (nSPS) is 13.9. The van der Waals surface area contributed by atoms with Crippen molar-refractivity contribution in [2.75, 3.05) is 16.8 Å². The van der Waals surface area contributed by atoms with E-state index in [0.717, 1.165) is 41.7 Å². The van der Waals surface area contributed by atoms with Crippen molar-refractivity contribution in [2.24, 2.45) is 0 Å². The average molecular weight is 392 g/mol. The van der Waals surface area contributed by atoms with Crippen molar-refractivity contribution in [2.45, 2.75) is 39.2 Å². The van der Waals surface area contributed by atoms with E-state index in [4.69, 9.17) is 11.6 Å². The predicted octanol–water partition coefficient (Wildman–Crippen LogP) is 6.34. The Morgan fingerprint density at radius 3 is 2.46 bits per heavy atom. The minimum absolute atomic E-state index is 0.158. The Morgan fingerprint density at radius 2 is 1.75 bits per heavy atom. The second kappa shape index (κ2) is 7.48. The Bertz CT molecular complexity index is 974. The third kappa shape index (κ3) is 3.85. The maximum Gasteiger partial charge on any atom is 0.133 e. The van der Waals surface area contributed by atoms with Gasteiger partial charge in [-0.25, -0.2) is 4.98 Å². The Morgan fingerprint density at radius 1 is 1.00 bits per heavy atom. The van der Waals surface area contributed by atoms with Crippen LogP contribution in [-0.4, -0.2) is 11.5 Å². The summed E-state index contributed by atoms with van der Waals surface area (Å²) in [7, 11) is 0. The van der Waals surface area contributed by atoms with Gasteiger partial charge in [-0.3, -0.25) is 0 Å². The van der Waals surface area contributed by atoms with Gasteiger partial charge in [0.05, 0.1) is 10.7 Å². The zero-order valence-corrected chi connectivity index (χ0v) is 17.4. The number of fused-ring (bicyclic) bond motifs is 1. The molecule has 0 radical (unpaired) electrons. The zero-order chi connectivity index (χ0) is 19.7. The lowest BCUT2D eigenvalue weighted by molar-refractivity contribution is 0.590. The van der Waals surface area contributed by atoms with Crippen LogP contribution in [0, 0.1) is 0 Å². The predicted molar refractivity (Wildman–Crippen MR) is 119 cm³/mol. The molecule has 1 aromatic heterocycles. The van der Waals surface area contributed by atoms with Crippen molar-refractivity contribution in [3.63, 3.8) is 0 Å². The minimum atomic E-state index is 0.158. The summed E-state index contributed by atoms with van der Waals surface area (Å²) in [5.74, 6) is 0.958. The number of rotatable bonds is 3. The Labute approximate surface area is 172 Å². The third-order valence-corrected chi connectivity index (χ3v) is 5.67. The number of para-hydroxylation sites is 1. The number of hydrogen-bond donors (Lipinski definition) is 1. The number of hydrogen-bond acceptors (Lipinski definition) is 3. The fraction of sp³-hybridized carbons (Fsp3) is 0.292. The van der Waals surface area contributed by atoms with E-state index in [1.807, 2.05) is 24.4 Å². The molecule has 1 aliphatic rings. The zero-order valence-electron chi connectivity index (χ0n) is 16.7. The van der Waals surface area contributed by atoms with Crippen LogP contribution in [-0.2, 0) is 18.4 Å². The first-order valence-electron chi connectivity index (χ1n) is 9.75. The lowest BCUT2D eigenvalue weighted by atomic mass is 9.87. The monoisotopic (exact) mass is 391 g/mol. The van der Waals surface area contributed by atoms with Crippen LogP contribution in [0.4, 0.5) is 17.2 Å². The molecule has 0 bridgehead atoms. The van der Waals surface area contributed by atoms with Gasteiger partial charge in [-0.15, -0.1) is 0 Å². The molecule has 0 aliphatic carbocycles. The topological polar surface area (TPSA) is 28.2 Å². The van der Waals surface area contributed by atoms with E-state index in [1.54, 1.807) is 0 Å². The van der Waals surface area contributed by atoms with E-state index in [0.29, 0.717) is 0 Å². The Kier molecular flexibility index (Phi) is 5.03. The second-order valence-corrected chi connectivity index (χ2v) is 8.78. The van der Waals surface area contributed by atoms with Gasteiger partial charge in [0.2, 0.25) is 0 Å².